The summed E-state index contributed by atoms with van der Waals surface area (Å²) in [4.78, 5) is 25.6. The summed E-state index contributed by atoms with van der Waals surface area (Å²) < 4.78 is 23.4. The van der Waals surface area contributed by atoms with Crippen LogP contribution in [0, 0.1) is 12.8 Å². The number of nitrogens with zero attached hydrogens (tertiary/aromatic N) is 2. The minimum Gasteiger partial charge on any atom is -0.393 e. The molecule has 1 aliphatic rings. The zero-order chi connectivity index (χ0) is 18.1. The van der Waals surface area contributed by atoms with Gasteiger partial charge in [-0.1, -0.05) is 0 Å². The van der Waals surface area contributed by atoms with Gasteiger partial charge in [-0.15, -0.1) is 0 Å². The summed E-state index contributed by atoms with van der Waals surface area (Å²) in [6.45, 7) is 6.57. The fourth-order valence-electron chi connectivity index (χ4n) is 2.82. The topological polar surface area (TPSA) is 111 Å². The Kier molecular flexibility index (Phi) is 5.67. The van der Waals surface area contributed by atoms with Gasteiger partial charge in [0.25, 0.3) is 0 Å². The van der Waals surface area contributed by atoms with E-state index < -0.39 is 19.5 Å². The lowest BCUT2D eigenvalue weighted by atomic mass is 10.1. The van der Waals surface area contributed by atoms with Crippen LogP contribution in [0.2, 0.25) is 0 Å². The number of hydrogen-bond donors (Lipinski definition) is 2. The molecule has 0 bridgehead atoms. The Balaban J connectivity index is 1.99. The number of hydrogen-bond acceptors (Lipinski definition) is 6. The van der Waals surface area contributed by atoms with Crippen LogP contribution in [0.5, 0.6) is 0 Å². The number of rotatable bonds is 5. The second kappa shape index (κ2) is 7.06. The molecule has 2 rings (SSSR count). The van der Waals surface area contributed by atoms with Crippen molar-refractivity contribution < 1.29 is 23.6 Å². The first-order valence-electron chi connectivity index (χ1n) is 7.89. The summed E-state index contributed by atoms with van der Waals surface area (Å²) in [5.74, 6) is -0.354. The largest absolute Gasteiger partial charge is 0.472 e. The van der Waals surface area contributed by atoms with Crippen molar-refractivity contribution in [2.75, 3.05) is 6.61 Å². The lowest BCUT2D eigenvalue weighted by Gasteiger charge is -2.24. The van der Waals surface area contributed by atoms with Crippen LogP contribution < -0.4 is 5.69 Å². The predicted molar refractivity (Wildman–Crippen MR) is 87.6 cm³/mol. The monoisotopic (exact) mass is 360 g/mol. The fourth-order valence-corrected chi connectivity index (χ4v) is 3.94. The van der Waals surface area contributed by atoms with E-state index in [0.717, 1.165) is 0 Å². The first kappa shape index (κ1) is 19.3. The minimum atomic E-state index is -4.19. The van der Waals surface area contributed by atoms with Gasteiger partial charge in [-0.25, -0.2) is 9.36 Å². The Morgan fingerprint density at radius 2 is 2.08 bits per heavy atom. The van der Waals surface area contributed by atoms with Crippen LogP contribution in [0.4, 0.5) is 0 Å². The molecule has 0 spiro atoms. The van der Waals surface area contributed by atoms with Gasteiger partial charge >= 0.3 is 13.5 Å². The van der Waals surface area contributed by atoms with Crippen LogP contribution in [-0.2, 0) is 13.6 Å². The van der Waals surface area contributed by atoms with E-state index in [0.29, 0.717) is 18.5 Å². The maximum absolute atomic E-state index is 11.9. The molecule has 9 heteroatoms. The van der Waals surface area contributed by atoms with Gasteiger partial charge in [0.05, 0.1) is 18.3 Å². The maximum atomic E-state index is 11.9. The normalized spacial score (nSPS) is 27.2. The predicted octanol–water partition coefficient (Wildman–Crippen LogP) is 1.80. The molecule has 1 aromatic rings. The van der Waals surface area contributed by atoms with E-state index in [1.807, 2.05) is 0 Å². The molecule has 1 aliphatic carbocycles. The summed E-state index contributed by atoms with van der Waals surface area (Å²) in [6.07, 6.45) is 1.76. The first-order valence-corrected chi connectivity index (χ1v) is 9.38. The molecule has 4 atom stereocenters. The molecule has 0 saturated heterocycles. The molecule has 0 aliphatic heterocycles. The summed E-state index contributed by atoms with van der Waals surface area (Å²) in [7, 11) is -4.19. The van der Waals surface area contributed by atoms with Crippen LogP contribution in [0.1, 0.15) is 45.3 Å². The molecule has 4 unspecified atom stereocenters. The summed E-state index contributed by atoms with van der Waals surface area (Å²) in [5.41, 5.74) is -0.546. The highest BCUT2D eigenvalue weighted by Crippen LogP contribution is 2.48. The number of aryl methyl sites for hydroxylation is 1. The van der Waals surface area contributed by atoms with Gasteiger partial charge in [-0.3, -0.25) is 13.6 Å². The Morgan fingerprint density at radius 3 is 2.67 bits per heavy atom. The van der Waals surface area contributed by atoms with Crippen molar-refractivity contribution >= 4 is 7.82 Å². The van der Waals surface area contributed by atoms with E-state index in [-0.39, 0.29) is 24.3 Å². The van der Waals surface area contributed by atoms with Gasteiger partial charge in [-0.05, 0) is 46.6 Å². The van der Waals surface area contributed by atoms with Crippen LogP contribution in [0.25, 0.3) is 0 Å². The van der Waals surface area contributed by atoms with E-state index in [4.69, 9.17) is 9.05 Å². The number of aliphatic hydroxyl groups is 1. The Bertz CT molecular complexity index is 683. The van der Waals surface area contributed by atoms with Crippen molar-refractivity contribution in [3.05, 3.63) is 28.4 Å². The highest BCUT2D eigenvalue weighted by Gasteiger charge is 2.37. The third-order valence-corrected chi connectivity index (χ3v) is 5.09. The van der Waals surface area contributed by atoms with Gasteiger partial charge in [0.1, 0.15) is 0 Å². The molecule has 1 fully saturated rings. The van der Waals surface area contributed by atoms with Crippen molar-refractivity contribution in [3.8, 4) is 0 Å². The van der Waals surface area contributed by atoms with E-state index in [1.54, 1.807) is 40.0 Å². The fraction of sp³-hybridized carbons (Fsp3) is 0.733. The van der Waals surface area contributed by atoms with Crippen molar-refractivity contribution in [1.29, 1.82) is 0 Å². The third-order valence-electron chi connectivity index (χ3n) is 3.84. The Labute approximate surface area is 141 Å². The van der Waals surface area contributed by atoms with Gasteiger partial charge < -0.3 is 10.00 Å². The molecule has 136 valence electrons. The first-order chi connectivity index (χ1) is 11.0. The smallest absolute Gasteiger partial charge is 0.393 e. The van der Waals surface area contributed by atoms with Gasteiger partial charge in [0, 0.05) is 23.9 Å². The minimum absolute atomic E-state index is 0.116. The van der Waals surface area contributed by atoms with Crippen LogP contribution >= 0.6 is 7.82 Å². The second-order valence-corrected chi connectivity index (χ2v) is 8.56. The van der Waals surface area contributed by atoms with Gasteiger partial charge in [0.2, 0.25) is 0 Å². The highest BCUT2D eigenvalue weighted by atomic mass is 31.2. The average Bonchev–Trinajstić information content (AvgIpc) is 2.75. The zero-order valence-corrected chi connectivity index (χ0v) is 15.3. The summed E-state index contributed by atoms with van der Waals surface area (Å²) in [6, 6.07) is 1.52. The Morgan fingerprint density at radius 1 is 1.42 bits per heavy atom. The molecule has 8 nitrogen and oxygen atoms in total. The van der Waals surface area contributed by atoms with Gasteiger partial charge in [0.15, 0.2) is 0 Å². The summed E-state index contributed by atoms with van der Waals surface area (Å²) in [5, 5.41) is 10.2. The molecular formula is C15H25N2O6P. The van der Waals surface area contributed by atoms with Crippen LogP contribution in [-0.4, -0.2) is 37.9 Å². The lowest BCUT2D eigenvalue weighted by Crippen LogP contribution is -2.26. The SMILES string of the molecule is Cc1ccn(C2CC(O)C(COP(=O)(O)OC(C)(C)C)C2)c(=O)n1. The molecule has 24 heavy (non-hydrogen) atoms. The van der Waals surface area contributed by atoms with E-state index in [2.05, 4.69) is 4.98 Å². The number of aromatic nitrogens is 2. The molecular weight excluding hydrogens is 335 g/mol. The standard InChI is InChI=1S/C15H25N2O6P/c1-10-5-6-17(14(19)16-10)12-7-11(13(18)8-12)9-22-24(20,21)23-15(2,3)4/h5-6,11-13,18H,7-9H2,1-4H3,(H,20,21). The molecule has 1 saturated carbocycles. The molecule has 1 aromatic heterocycles. The van der Waals surface area contributed by atoms with Crippen molar-refractivity contribution in [2.45, 2.75) is 58.3 Å². The van der Waals surface area contributed by atoms with E-state index >= 15 is 0 Å². The number of aliphatic hydroxyl groups excluding tert-OH is 1. The lowest BCUT2D eigenvalue weighted by molar-refractivity contribution is 0.0398. The molecule has 0 radical (unpaired) electrons. The van der Waals surface area contributed by atoms with E-state index in [9.17, 15) is 19.4 Å². The average molecular weight is 360 g/mol. The molecule has 0 aromatic carbocycles. The quantitative estimate of drug-likeness (QED) is 0.770. The van der Waals surface area contributed by atoms with E-state index in [1.165, 1.54) is 4.57 Å². The Hall–Kier alpha value is -1.05. The van der Waals surface area contributed by atoms with Crippen molar-refractivity contribution in [3.63, 3.8) is 0 Å². The van der Waals surface area contributed by atoms with Gasteiger partial charge in [-0.2, -0.15) is 4.98 Å². The molecule has 1 heterocycles. The number of phosphoric ester groups is 1. The number of phosphoric acid groups is 1. The molecule has 0 amide bonds. The maximum Gasteiger partial charge on any atom is 0.472 e. The molecule has 2 N–H and O–H groups in total. The second-order valence-electron chi connectivity index (χ2n) is 7.18. The van der Waals surface area contributed by atoms with Crippen LogP contribution in [0.3, 0.4) is 0 Å². The van der Waals surface area contributed by atoms with Crippen molar-refractivity contribution in [1.82, 2.24) is 9.55 Å². The summed E-state index contributed by atoms with van der Waals surface area (Å²) >= 11 is 0. The highest BCUT2D eigenvalue weighted by molar-refractivity contribution is 7.47. The zero-order valence-electron chi connectivity index (χ0n) is 14.4. The van der Waals surface area contributed by atoms with Crippen molar-refractivity contribution in [2.24, 2.45) is 5.92 Å². The third kappa shape index (κ3) is 5.22. The van der Waals surface area contributed by atoms with Crippen LogP contribution in [0.15, 0.2) is 17.1 Å².